The Bertz CT molecular complexity index is 976. The molecule has 1 aromatic carbocycles. The minimum atomic E-state index is -0.176. The molecule has 2 aromatic heterocycles. The van der Waals surface area contributed by atoms with Crippen molar-refractivity contribution in [1.82, 2.24) is 14.9 Å². The number of aromatic nitrogens is 2. The van der Waals surface area contributed by atoms with Crippen LogP contribution in [0.5, 0.6) is 0 Å². The monoisotopic (exact) mass is 383 g/mol. The van der Waals surface area contributed by atoms with E-state index in [1.54, 1.807) is 0 Å². The van der Waals surface area contributed by atoms with Gasteiger partial charge in [0.05, 0.1) is 11.7 Å². The van der Waals surface area contributed by atoms with Crippen molar-refractivity contribution in [2.24, 2.45) is 5.92 Å². The Kier molecular flexibility index (Phi) is 6.06. The highest BCUT2D eigenvalue weighted by Gasteiger charge is 2.15. The summed E-state index contributed by atoms with van der Waals surface area (Å²) in [6.45, 7) is 6.31. The number of hydrogen-bond donors (Lipinski definition) is 1. The van der Waals surface area contributed by atoms with Crippen molar-refractivity contribution >= 4 is 27.5 Å². The van der Waals surface area contributed by atoms with Gasteiger partial charge in [0.1, 0.15) is 11.4 Å². The molecule has 2 heterocycles. The van der Waals surface area contributed by atoms with Gasteiger partial charge in [-0.15, -0.1) is 11.3 Å². The van der Waals surface area contributed by atoms with Crippen molar-refractivity contribution in [3.8, 4) is 11.1 Å². The van der Waals surface area contributed by atoms with Crippen LogP contribution >= 0.6 is 11.3 Å². The smallest absolute Gasteiger partial charge is 0.263 e. The number of amides is 1. The largest absolute Gasteiger partial charge is 0.352 e. The van der Waals surface area contributed by atoms with Gasteiger partial charge in [0, 0.05) is 17.0 Å². The molecule has 0 saturated carbocycles. The lowest BCUT2D eigenvalue weighted by molar-refractivity contribution is -0.122. The van der Waals surface area contributed by atoms with Gasteiger partial charge < -0.3 is 5.32 Å². The van der Waals surface area contributed by atoms with Crippen molar-refractivity contribution in [3.63, 3.8) is 0 Å². The minimum Gasteiger partial charge on any atom is -0.352 e. The maximum atomic E-state index is 13.0. The maximum absolute atomic E-state index is 13.0. The van der Waals surface area contributed by atoms with Crippen LogP contribution in [0.3, 0.4) is 0 Å². The van der Waals surface area contributed by atoms with E-state index in [0.717, 1.165) is 24.0 Å². The summed E-state index contributed by atoms with van der Waals surface area (Å²) >= 11 is 1.45. The Morgan fingerprint density at radius 1 is 1.19 bits per heavy atom. The maximum Gasteiger partial charge on any atom is 0.263 e. The van der Waals surface area contributed by atoms with E-state index in [-0.39, 0.29) is 24.1 Å². The predicted octanol–water partition coefficient (Wildman–Crippen LogP) is 4.07. The van der Waals surface area contributed by atoms with E-state index >= 15 is 0 Å². The van der Waals surface area contributed by atoms with E-state index in [9.17, 15) is 9.59 Å². The van der Waals surface area contributed by atoms with Gasteiger partial charge in [-0.25, -0.2) is 4.98 Å². The van der Waals surface area contributed by atoms with Crippen LogP contribution in [0.1, 0.15) is 33.6 Å². The van der Waals surface area contributed by atoms with Crippen molar-refractivity contribution in [1.29, 1.82) is 0 Å². The highest BCUT2D eigenvalue weighted by atomic mass is 32.1. The fraction of sp³-hybridized carbons (Fsp3) is 0.381. The molecule has 142 valence electrons. The van der Waals surface area contributed by atoms with Crippen LogP contribution in [-0.2, 0) is 11.3 Å². The van der Waals surface area contributed by atoms with Crippen LogP contribution < -0.4 is 10.9 Å². The normalized spacial score (nSPS) is 12.4. The molecule has 0 aliphatic rings. The summed E-state index contributed by atoms with van der Waals surface area (Å²) in [6.07, 6.45) is 3.46. The van der Waals surface area contributed by atoms with Gasteiger partial charge in [0.15, 0.2) is 0 Å². The van der Waals surface area contributed by atoms with Crippen molar-refractivity contribution in [2.75, 3.05) is 0 Å². The first-order valence-electron chi connectivity index (χ1n) is 9.27. The molecular weight excluding hydrogens is 358 g/mol. The number of nitrogens with one attached hydrogen (secondary N) is 1. The Morgan fingerprint density at radius 3 is 2.63 bits per heavy atom. The number of fused-ring (bicyclic) bond motifs is 1. The lowest BCUT2D eigenvalue weighted by Gasteiger charge is -2.15. The van der Waals surface area contributed by atoms with Crippen LogP contribution in [-0.4, -0.2) is 21.5 Å². The predicted molar refractivity (Wildman–Crippen MR) is 111 cm³/mol. The van der Waals surface area contributed by atoms with Gasteiger partial charge in [-0.05, 0) is 31.2 Å². The molecule has 0 unspecified atom stereocenters. The first kappa shape index (κ1) is 19.3. The molecule has 5 nitrogen and oxygen atoms in total. The third-order valence-electron chi connectivity index (χ3n) is 4.54. The summed E-state index contributed by atoms with van der Waals surface area (Å²) in [5.74, 6) is 0.444. The molecule has 1 atom stereocenters. The molecule has 0 spiro atoms. The molecule has 3 aromatic rings. The fourth-order valence-electron chi connectivity index (χ4n) is 3.04. The van der Waals surface area contributed by atoms with Gasteiger partial charge in [-0.3, -0.25) is 14.2 Å². The number of nitrogens with zero attached hydrogens (tertiary/aromatic N) is 2. The van der Waals surface area contributed by atoms with E-state index < -0.39 is 0 Å². The van der Waals surface area contributed by atoms with E-state index in [4.69, 9.17) is 0 Å². The first-order chi connectivity index (χ1) is 13.0. The van der Waals surface area contributed by atoms with E-state index in [1.807, 2.05) is 42.6 Å². The number of benzene rings is 1. The number of carbonyl (C=O) groups is 1. The van der Waals surface area contributed by atoms with Crippen LogP contribution in [0.25, 0.3) is 21.3 Å². The molecule has 6 heteroatoms. The zero-order valence-corrected chi connectivity index (χ0v) is 16.8. The molecule has 27 heavy (non-hydrogen) atoms. The van der Waals surface area contributed by atoms with Crippen LogP contribution in [0.15, 0.2) is 46.8 Å². The molecular formula is C21H25N3O2S. The lowest BCUT2D eigenvalue weighted by atomic mass is 10.0. The molecule has 1 N–H and O–H groups in total. The topological polar surface area (TPSA) is 64.0 Å². The third-order valence-corrected chi connectivity index (χ3v) is 5.43. The first-order valence-corrected chi connectivity index (χ1v) is 10.1. The molecule has 0 aliphatic heterocycles. The van der Waals surface area contributed by atoms with Gasteiger partial charge in [-0.2, -0.15) is 0 Å². The zero-order valence-electron chi connectivity index (χ0n) is 15.9. The van der Waals surface area contributed by atoms with Crippen molar-refractivity contribution < 1.29 is 4.79 Å². The Balaban J connectivity index is 1.81. The second-order valence-electron chi connectivity index (χ2n) is 7.31. The second kappa shape index (κ2) is 8.48. The van der Waals surface area contributed by atoms with Crippen LogP contribution in [0, 0.1) is 5.92 Å². The fourth-order valence-corrected chi connectivity index (χ4v) is 3.95. The van der Waals surface area contributed by atoms with Gasteiger partial charge in [0.25, 0.3) is 5.56 Å². The third kappa shape index (κ3) is 4.63. The Hall–Kier alpha value is -2.47. The Morgan fingerprint density at radius 2 is 1.93 bits per heavy atom. The molecule has 0 fully saturated rings. The quantitative estimate of drug-likeness (QED) is 0.669. The molecule has 0 saturated heterocycles. The number of hydrogen-bond acceptors (Lipinski definition) is 4. The van der Waals surface area contributed by atoms with E-state index in [1.165, 1.54) is 22.2 Å². The number of rotatable bonds is 7. The van der Waals surface area contributed by atoms with E-state index in [0.29, 0.717) is 16.1 Å². The molecule has 1 amide bonds. The summed E-state index contributed by atoms with van der Waals surface area (Å²) in [6, 6.07) is 9.87. The summed E-state index contributed by atoms with van der Waals surface area (Å²) in [7, 11) is 0. The minimum absolute atomic E-state index is 0.0160. The SMILES string of the molecule is CC(C)CC[C@H](C)NC(=O)Cn1cnc2scc(-c3ccccc3)c2c1=O. The summed E-state index contributed by atoms with van der Waals surface area (Å²) in [5, 5.41) is 5.50. The van der Waals surface area contributed by atoms with E-state index in [2.05, 4.69) is 24.1 Å². The average molecular weight is 384 g/mol. The van der Waals surface area contributed by atoms with Crippen LogP contribution in [0.4, 0.5) is 0 Å². The average Bonchev–Trinajstić information content (AvgIpc) is 3.08. The standard InChI is InChI=1S/C21H25N3O2S/c1-14(2)9-10-15(3)23-18(25)11-24-13-22-20-19(21(24)26)17(12-27-20)16-7-5-4-6-8-16/h4-8,12-15H,9-11H2,1-3H3,(H,23,25)/t15-/m0/s1. The molecule has 3 rings (SSSR count). The van der Waals surface area contributed by atoms with Crippen molar-refractivity contribution in [3.05, 3.63) is 52.4 Å². The lowest BCUT2D eigenvalue weighted by Crippen LogP contribution is -2.37. The van der Waals surface area contributed by atoms with Crippen LogP contribution in [0.2, 0.25) is 0 Å². The zero-order chi connectivity index (χ0) is 19.4. The highest BCUT2D eigenvalue weighted by Crippen LogP contribution is 2.30. The van der Waals surface area contributed by atoms with Gasteiger partial charge in [0.2, 0.25) is 5.91 Å². The summed E-state index contributed by atoms with van der Waals surface area (Å²) < 4.78 is 1.39. The number of carbonyl (C=O) groups excluding carboxylic acids is 1. The molecule has 0 radical (unpaired) electrons. The van der Waals surface area contributed by atoms with Gasteiger partial charge >= 0.3 is 0 Å². The Labute approximate surface area is 163 Å². The summed E-state index contributed by atoms with van der Waals surface area (Å²) in [5.41, 5.74) is 1.67. The van der Waals surface area contributed by atoms with Crippen molar-refractivity contribution in [2.45, 2.75) is 46.2 Å². The number of thiophene rings is 1. The van der Waals surface area contributed by atoms with Gasteiger partial charge in [-0.1, -0.05) is 44.2 Å². The molecule has 0 bridgehead atoms. The summed E-state index contributed by atoms with van der Waals surface area (Å²) in [4.78, 5) is 30.4. The highest BCUT2D eigenvalue weighted by molar-refractivity contribution is 7.17. The second-order valence-corrected chi connectivity index (χ2v) is 8.17. The molecule has 0 aliphatic carbocycles.